The van der Waals surface area contributed by atoms with Crippen LogP contribution in [0.25, 0.3) is 0 Å². The fraction of sp³-hybridized carbons (Fsp3) is 0.538. The first-order valence-electron chi connectivity index (χ1n) is 6.08. The maximum absolute atomic E-state index is 12.0. The molecule has 0 aliphatic carbocycles. The van der Waals surface area contributed by atoms with Crippen molar-refractivity contribution in [1.82, 2.24) is 9.88 Å². The van der Waals surface area contributed by atoms with E-state index in [1.165, 1.54) is 0 Å². The lowest BCUT2D eigenvalue weighted by molar-refractivity contribution is 0.0224. The van der Waals surface area contributed by atoms with Crippen molar-refractivity contribution in [3.63, 3.8) is 0 Å². The molecule has 0 fully saturated rings. The van der Waals surface area contributed by atoms with E-state index in [-0.39, 0.29) is 6.09 Å². The van der Waals surface area contributed by atoms with Crippen LogP contribution in [-0.4, -0.2) is 28.1 Å². The van der Waals surface area contributed by atoms with Crippen molar-refractivity contribution in [3.8, 4) is 0 Å². The van der Waals surface area contributed by atoms with Crippen LogP contribution in [0.3, 0.4) is 0 Å². The van der Waals surface area contributed by atoms with Crippen molar-refractivity contribution in [2.45, 2.75) is 39.3 Å². The number of carbonyl (C=O) groups is 1. The lowest BCUT2D eigenvalue weighted by Crippen LogP contribution is -2.40. The number of hydrogen-bond donors (Lipinski definition) is 0. The summed E-state index contributed by atoms with van der Waals surface area (Å²) in [6, 6.07) is 1.80. The molecule has 1 aromatic heterocycles. The van der Waals surface area contributed by atoms with Gasteiger partial charge in [0.25, 0.3) is 0 Å². The fourth-order valence-electron chi connectivity index (χ4n) is 1.95. The molecule has 19 heavy (non-hydrogen) atoms. The number of carbonyl (C=O) groups excluding carboxylic acids is 1. The van der Waals surface area contributed by atoms with Crippen LogP contribution in [0.2, 0.25) is 10.3 Å². The van der Waals surface area contributed by atoms with Gasteiger partial charge < -0.3 is 9.64 Å². The number of pyridine rings is 1. The highest BCUT2D eigenvalue weighted by Crippen LogP contribution is 2.28. The van der Waals surface area contributed by atoms with Gasteiger partial charge in [-0.25, -0.2) is 9.78 Å². The van der Waals surface area contributed by atoms with Crippen molar-refractivity contribution in [3.05, 3.63) is 27.5 Å². The average Bonchev–Trinajstić information content (AvgIpc) is 2.25. The molecule has 0 atom stereocenters. The molecule has 0 radical (unpaired) electrons. The summed E-state index contributed by atoms with van der Waals surface area (Å²) in [5, 5.41) is 0.741. The topological polar surface area (TPSA) is 42.4 Å². The summed E-state index contributed by atoms with van der Waals surface area (Å²) in [6.45, 7) is 6.54. The molecule has 2 heterocycles. The summed E-state index contributed by atoms with van der Waals surface area (Å²) >= 11 is 11.9. The number of amides is 1. The van der Waals surface area contributed by atoms with E-state index in [1.54, 1.807) is 11.0 Å². The third-order valence-electron chi connectivity index (χ3n) is 2.79. The molecule has 0 aromatic carbocycles. The first kappa shape index (κ1) is 14.4. The van der Waals surface area contributed by atoms with Gasteiger partial charge in [0, 0.05) is 12.1 Å². The SMILES string of the molecule is CC(C)(C)OC(=O)N1CCc2cc(Cl)nc(Cl)c2C1. The second-order valence-corrected chi connectivity index (χ2v) is 6.27. The highest BCUT2D eigenvalue weighted by molar-refractivity contribution is 6.33. The zero-order valence-electron chi connectivity index (χ0n) is 11.2. The second-order valence-electron chi connectivity index (χ2n) is 5.53. The molecule has 0 bridgehead atoms. The van der Waals surface area contributed by atoms with Crippen molar-refractivity contribution < 1.29 is 9.53 Å². The summed E-state index contributed by atoms with van der Waals surface area (Å²) in [5.41, 5.74) is 1.40. The molecule has 0 saturated heterocycles. The van der Waals surface area contributed by atoms with Crippen LogP contribution in [0.4, 0.5) is 4.79 Å². The Morgan fingerprint density at radius 3 is 2.74 bits per heavy atom. The first-order valence-corrected chi connectivity index (χ1v) is 6.83. The number of nitrogens with zero attached hydrogens (tertiary/aromatic N) is 2. The van der Waals surface area contributed by atoms with Crippen LogP contribution >= 0.6 is 23.2 Å². The zero-order chi connectivity index (χ0) is 14.2. The minimum atomic E-state index is -0.501. The van der Waals surface area contributed by atoms with Gasteiger partial charge in [-0.2, -0.15) is 0 Å². The number of rotatable bonds is 0. The van der Waals surface area contributed by atoms with Crippen LogP contribution in [0, 0.1) is 0 Å². The highest BCUT2D eigenvalue weighted by atomic mass is 35.5. The molecule has 2 rings (SSSR count). The molecule has 1 aromatic rings. The Balaban J connectivity index is 2.16. The van der Waals surface area contributed by atoms with E-state index >= 15 is 0 Å². The summed E-state index contributed by atoms with van der Waals surface area (Å²) in [6.07, 6.45) is 0.375. The van der Waals surface area contributed by atoms with Crippen LogP contribution in [0.5, 0.6) is 0 Å². The van der Waals surface area contributed by atoms with Gasteiger partial charge in [0.2, 0.25) is 0 Å². The molecular formula is C13H16Cl2N2O2. The van der Waals surface area contributed by atoms with Gasteiger partial charge in [-0.05, 0) is 38.8 Å². The largest absolute Gasteiger partial charge is 0.444 e. The van der Waals surface area contributed by atoms with E-state index in [2.05, 4.69) is 4.98 Å². The standard InChI is InChI=1S/C13H16Cl2N2O2/c1-13(2,3)19-12(18)17-5-4-8-6-10(14)16-11(15)9(8)7-17/h6H,4-5,7H2,1-3H3. The van der Waals surface area contributed by atoms with Gasteiger partial charge in [-0.3, -0.25) is 0 Å². The number of hydrogen-bond acceptors (Lipinski definition) is 3. The van der Waals surface area contributed by atoms with Crippen molar-refractivity contribution >= 4 is 29.3 Å². The van der Waals surface area contributed by atoms with Crippen LogP contribution in [-0.2, 0) is 17.7 Å². The second kappa shape index (κ2) is 5.17. The minimum Gasteiger partial charge on any atom is -0.444 e. The smallest absolute Gasteiger partial charge is 0.410 e. The molecule has 0 N–H and O–H groups in total. The number of halogens is 2. The van der Waals surface area contributed by atoms with Crippen LogP contribution < -0.4 is 0 Å². The van der Waals surface area contributed by atoms with E-state index < -0.39 is 5.60 Å². The van der Waals surface area contributed by atoms with E-state index in [0.29, 0.717) is 29.8 Å². The maximum Gasteiger partial charge on any atom is 0.410 e. The van der Waals surface area contributed by atoms with Crippen molar-refractivity contribution in [2.24, 2.45) is 0 Å². The summed E-state index contributed by atoms with van der Waals surface area (Å²) in [7, 11) is 0. The average molecular weight is 303 g/mol. The molecule has 4 nitrogen and oxygen atoms in total. The Kier molecular flexibility index (Phi) is 3.92. The molecule has 6 heteroatoms. The number of fused-ring (bicyclic) bond motifs is 1. The Hall–Kier alpha value is -1.00. The van der Waals surface area contributed by atoms with Gasteiger partial charge in [0.1, 0.15) is 15.9 Å². The molecular weight excluding hydrogens is 287 g/mol. The summed E-state index contributed by atoms with van der Waals surface area (Å²) < 4.78 is 5.35. The third kappa shape index (κ3) is 3.51. The lowest BCUT2D eigenvalue weighted by Gasteiger charge is -2.31. The van der Waals surface area contributed by atoms with Crippen molar-refractivity contribution in [2.75, 3.05) is 6.54 Å². The molecule has 0 unspecified atom stereocenters. The van der Waals surface area contributed by atoms with Gasteiger partial charge in [-0.1, -0.05) is 23.2 Å². The van der Waals surface area contributed by atoms with Gasteiger partial charge in [-0.15, -0.1) is 0 Å². The number of ether oxygens (including phenoxy) is 1. The maximum atomic E-state index is 12.0. The first-order chi connectivity index (χ1) is 8.76. The molecule has 0 saturated carbocycles. The Morgan fingerprint density at radius 2 is 2.11 bits per heavy atom. The van der Waals surface area contributed by atoms with E-state index in [1.807, 2.05) is 20.8 Å². The lowest BCUT2D eigenvalue weighted by atomic mass is 10.0. The summed E-state index contributed by atoms with van der Waals surface area (Å²) in [4.78, 5) is 17.7. The van der Waals surface area contributed by atoms with Crippen LogP contribution in [0.15, 0.2) is 6.07 Å². The quantitative estimate of drug-likeness (QED) is 0.687. The molecule has 1 aliphatic rings. The predicted molar refractivity (Wildman–Crippen MR) is 74.6 cm³/mol. The van der Waals surface area contributed by atoms with E-state index in [0.717, 1.165) is 11.1 Å². The minimum absolute atomic E-state index is 0.329. The third-order valence-corrected chi connectivity index (χ3v) is 3.29. The zero-order valence-corrected chi connectivity index (χ0v) is 12.7. The van der Waals surface area contributed by atoms with E-state index in [9.17, 15) is 4.79 Å². The van der Waals surface area contributed by atoms with Crippen molar-refractivity contribution in [1.29, 1.82) is 0 Å². The number of aromatic nitrogens is 1. The fourth-order valence-corrected chi connectivity index (χ4v) is 2.49. The molecule has 1 amide bonds. The monoisotopic (exact) mass is 302 g/mol. The molecule has 104 valence electrons. The Morgan fingerprint density at radius 1 is 1.42 bits per heavy atom. The Bertz CT molecular complexity index is 512. The van der Waals surface area contributed by atoms with Gasteiger partial charge in [0.05, 0.1) is 6.54 Å². The Labute approximate surface area is 122 Å². The van der Waals surface area contributed by atoms with E-state index in [4.69, 9.17) is 27.9 Å². The normalized spacial score (nSPS) is 15.1. The highest BCUT2D eigenvalue weighted by Gasteiger charge is 2.27. The summed E-state index contributed by atoms with van der Waals surface area (Å²) in [5.74, 6) is 0. The van der Waals surface area contributed by atoms with Gasteiger partial charge >= 0.3 is 6.09 Å². The molecule has 0 spiro atoms. The predicted octanol–water partition coefficient (Wildman–Crippen LogP) is 3.68. The van der Waals surface area contributed by atoms with Crippen LogP contribution in [0.1, 0.15) is 31.9 Å². The van der Waals surface area contributed by atoms with Gasteiger partial charge in [0.15, 0.2) is 0 Å². The molecule has 1 aliphatic heterocycles.